The first-order valence-corrected chi connectivity index (χ1v) is 5.89. The van der Waals surface area contributed by atoms with Gasteiger partial charge in [-0.15, -0.1) is 0 Å². The molecule has 2 unspecified atom stereocenters. The number of carbonyl (C=O) groups excluding carboxylic acids is 1. The predicted molar refractivity (Wildman–Crippen MR) is 63.4 cm³/mol. The molecule has 2 amide bonds. The molecule has 2 N–H and O–H groups in total. The second-order valence-corrected chi connectivity index (χ2v) is 4.25. The number of hydrogen-bond donors (Lipinski definition) is 2. The van der Waals surface area contributed by atoms with Crippen LogP contribution in [0.2, 0.25) is 0 Å². The minimum absolute atomic E-state index is 0.0156. The molecule has 0 aromatic heterocycles. The zero-order chi connectivity index (χ0) is 13.5. The number of amides is 2. The highest BCUT2D eigenvalue weighted by molar-refractivity contribution is 5.82. The molecule has 1 heterocycles. The maximum Gasteiger partial charge on any atom is 0.326 e. The summed E-state index contributed by atoms with van der Waals surface area (Å²) in [4.78, 5) is 24.3. The zero-order valence-electron chi connectivity index (χ0n) is 10.7. The van der Waals surface area contributed by atoms with Gasteiger partial charge in [0, 0.05) is 33.8 Å². The monoisotopic (exact) mass is 260 g/mol. The number of carboxylic acids is 1. The Kier molecular flexibility index (Phi) is 5.87. The molecule has 104 valence electrons. The summed E-state index contributed by atoms with van der Waals surface area (Å²) in [7, 11) is 3.13. The van der Waals surface area contributed by atoms with Gasteiger partial charge in [0.1, 0.15) is 6.04 Å². The van der Waals surface area contributed by atoms with E-state index in [0.29, 0.717) is 13.2 Å². The van der Waals surface area contributed by atoms with Gasteiger partial charge in [-0.2, -0.15) is 0 Å². The lowest BCUT2D eigenvalue weighted by molar-refractivity contribution is -0.139. The Morgan fingerprint density at radius 3 is 2.83 bits per heavy atom. The molecule has 7 heteroatoms. The molecule has 1 aliphatic rings. The van der Waals surface area contributed by atoms with Crippen molar-refractivity contribution in [3.8, 4) is 0 Å². The van der Waals surface area contributed by atoms with Gasteiger partial charge in [-0.05, 0) is 6.42 Å². The van der Waals surface area contributed by atoms with Crippen LogP contribution in [0.3, 0.4) is 0 Å². The highest BCUT2D eigenvalue weighted by Gasteiger charge is 2.27. The quantitative estimate of drug-likeness (QED) is 0.696. The summed E-state index contributed by atoms with van der Waals surface area (Å²) in [5.41, 5.74) is 0. The van der Waals surface area contributed by atoms with Crippen LogP contribution in [0.25, 0.3) is 0 Å². The smallest absolute Gasteiger partial charge is 0.326 e. The van der Waals surface area contributed by atoms with Crippen molar-refractivity contribution in [2.24, 2.45) is 0 Å². The van der Waals surface area contributed by atoms with E-state index in [1.807, 2.05) is 0 Å². The summed E-state index contributed by atoms with van der Waals surface area (Å²) < 4.78 is 10.0. The van der Waals surface area contributed by atoms with Gasteiger partial charge < -0.3 is 24.8 Å². The number of carbonyl (C=O) groups is 2. The van der Waals surface area contributed by atoms with Crippen molar-refractivity contribution >= 4 is 12.0 Å². The lowest BCUT2D eigenvalue weighted by atomic mass is 10.2. The minimum atomic E-state index is -1.06. The van der Waals surface area contributed by atoms with Crippen LogP contribution >= 0.6 is 0 Å². The van der Waals surface area contributed by atoms with Gasteiger partial charge >= 0.3 is 12.0 Å². The fraction of sp³-hybridized carbons (Fsp3) is 0.818. The molecule has 0 aromatic rings. The molecule has 0 aliphatic carbocycles. The third kappa shape index (κ3) is 4.15. The number of rotatable bonds is 6. The first kappa shape index (κ1) is 14.7. The van der Waals surface area contributed by atoms with Crippen LogP contribution < -0.4 is 5.32 Å². The molecule has 2 atom stereocenters. The van der Waals surface area contributed by atoms with E-state index in [9.17, 15) is 9.59 Å². The average molecular weight is 260 g/mol. The minimum Gasteiger partial charge on any atom is -0.480 e. The fourth-order valence-electron chi connectivity index (χ4n) is 1.74. The van der Waals surface area contributed by atoms with E-state index in [0.717, 1.165) is 6.42 Å². The summed E-state index contributed by atoms with van der Waals surface area (Å²) in [5.74, 6) is -1.06. The van der Waals surface area contributed by atoms with Crippen molar-refractivity contribution in [1.82, 2.24) is 10.2 Å². The molecule has 1 rings (SSSR count). The summed E-state index contributed by atoms with van der Waals surface area (Å²) in [5, 5.41) is 11.5. The first-order chi connectivity index (χ1) is 8.56. The van der Waals surface area contributed by atoms with E-state index in [1.54, 1.807) is 7.05 Å². The van der Waals surface area contributed by atoms with E-state index >= 15 is 0 Å². The SMILES string of the molecule is COCCC(NC(=O)N(C)C1CCOC1)C(=O)O. The van der Waals surface area contributed by atoms with Crippen LogP contribution in [0.1, 0.15) is 12.8 Å². The van der Waals surface area contributed by atoms with E-state index in [-0.39, 0.29) is 19.1 Å². The highest BCUT2D eigenvalue weighted by Crippen LogP contribution is 2.10. The Morgan fingerprint density at radius 1 is 1.61 bits per heavy atom. The van der Waals surface area contributed by atoms with Crippen LogP contribution in [-0.4, -0.2) is 68.1 Å². The fourth-order valence-corrected chi connectivity index (χ4v) is 1.74. The normalized spacial score (nSPS) is 20.4. The Morgan fingerprint density at radius 2 is 2.33 bits per heavy atom. The lowest BCUT2D eigenvalue weighted by Gasteiger charge is -2.25. The van der Waals surface area contributed by atoms with Crippen molar-refractivity contribution in [1.29, 1.82) is 0 Å². The Hall–Kier alpha value is -1.34. The molecule has 0 saturated carbocycles. The number of carboxylic acid groups (broad SMARTS) is 1. The number of methoxy groups -OCH3 is 1. The van der Waals surface area contributed by atoms with Gasteiger partial charge in [0.25, 0.3) is 0 Å². The molecule has 7 nitrogen and oxygen atoms in total. The van der Waals surface area contributed by atoms with Crippen molar-refractivity contribution < 1.29 is 24.2 Å². The number of likely N-dealkylation sites (N-methyl/N-ethyl adjacent to an activating group) is 1. The maximum atomic E-state index is 11.9. The number of nitrogens with one attached hydrogen (secondary N) is 1. The summed E-state index contributed by atoms with van der Waals surface area (Å²) in [6.45, 7) is 1.42. The zero-order valence-corrected chi connectivity index (χ0v) is 10.7. The number of ether oxygens (including phenoxy) is 2. The number of urea groups is 1. The van der Waals surface area contributed by atoms with Crippen molar-refractivity contribution in [3.63, 3.8) is 0 Å². The molecule has 18 heavy (non-hydrogen) atoms. The van der Waals surface area contributed by atoms with Crippen LogP contribution in [0.4, 0.5) is 4.79 Å². The third-order valence-electron chi connectivity index (χ3n) is 2.98. The summed E-state index contributed by atoms with van der Waals surface area (Å²) >= 11 is 0. The highest BCUT2D eigenvalue weighted by atomic mass is 16.5. The molecule has 1 saturated heterocycles. The molecular weight excluding hydrogens is 240 g/mol. The second kappa shape index (κ2) is 7.17. The number of hydrogen-bond acceptors (Lipinski definition) is 4. The second-order valence-electron chi connectivity index (χ2n) is 4.25. The van der Waals surface area contributed by atoms with Crippen molar-refractivity contribution in [2.45, 2.75) is 24.9 Å². The molecule has 0 spiro atoms. The predicted octanol–water partition coefficient (Wildman–Crippen LogP) is -0.0936. The average Bonchev–Trinajstić information content (AvgIpc) is 2.86. The Balaban J connectivity index is 2.46. The van der Waals surface area contributed by atoms with Gasteiger partial charge in [-0.1, -0.05) is 0 Å². The maximum absolute atomic E-state index is 11.9. The number of aliphatic carboxylic acids is 1. The Bertz CT molecular complexity index is 291. The molecular formula is C11H20N2O5. The summed E-state index contributed by atoms with van der Waals surface area (Å²) in [6.07, 6.45) is 1.02. The molecule has 0 aromatic carbocycles. The van der Waals surface area contributed by atoms with Gasteiger partial charge in [-0.3, -0.25) is 0 Å². The first-order valence-electron chi connectivity index (χ1n) is 5.89. The standard InChI is InChI=1S/C11H20N2O5/c1-13(8-3-6-18-7-8)11(16)12-9(10(14)15)4-5-17-2/h8-9H,3-7H2,1-2H3,(H,12,16)(H,14,15). The van der Waals surface area contributed by atoms with Crippen LogP contribution in [0.5, 0.6) is 0 Å². The van der Waals surface area contributed by atoms with E-state index in [4.69, 9.17) is 14.6 Å². The summed E-state index contributed by atoms with van der Waals surface area (Å²) in [6, 6.07) is -1.31. The topological polar surface area (TPSA) is 88.1 Å². The van der Waals surface area contributed by atoms with E-state index in [2.05, 4.69) is 5.32 Å². The van der Waals surface area contributed by atoms with Gasteiger partial charge in [0.15, 0.2) is 0 Å². The van der Waals surface area contributed by atoms with E-state index in [1.165, 1.54) is 12.0 Å². The Labute approximate surface area is 106 Å². The number of nitrogens with zero attached hydrogens (tertiary/aromatic N) is 1. The van der Waals surface area contributed by atoms with Crippen molar-refractivity contribution in [2.75, 3.05) is 34.0 Å². The third-order valence-corrected chi connectivity index (χ3v) is 2.98. The molecule has 0 bridgehead atoms. The van der Waals surface area contributed by atoms with Gasteiger partial charge in [0.2, 0.25) is 0 Å². The largest absolute Gasteiger partial charge is 0.480 e. The van der Waals surface area contributed by atoms with E-state index < -0.39 is 18.0 Å². The van der Waals surface area contributed by atoms with Gasteiger partial charge in [0.05, 0.1) is 12.6 Å². The lowest BCUT2D eigenvalue weighted by Crippen LogP contribution is -2.50. The molecule has 0 radical (unpaired) electrons. The van der Waals surface area contributed by atoms with Crippen LogP contribution in [-0.2, 0) is 14.3 Å². The van der Waals surface area contributed by atoms with Gasteiger partial charge in [-0.25, -0.2) is 9.59 Å². The van der Waals surface area contributed by atoms with Crippen LogP contribution in [0.15, 0.2) is 0 Å². The molecule has 1 fully saturated rings. The van der Waals surface area contributed by atoms with Crippen molar-refractivity contribution in [3.05, 3.63) is 0 Å². The molecule has 1 aliphatic heterocycles. The van der Waals surface area contributed by atoms with Crippen LogP contribution in [0, 0.1) is 0 Å².